The Kier molecular flexibility index (Phi) is 3.10. The van der Waals surface area contributed by atoms with E-state index in [2.05, 4.69) is 4.98 Å². The second kappa shape index (κ2) is 4.94. The minimum absolute atomic E-state index is 0.0288. The van der Waals surface area contributed by atoms with Crippen molar-refractivity contribution in [3.8, 4) is 17.0 Å². The SMILES string of the molecule is COc1cc([N+](=O)[O-])cc2c(C)c(-c3ccccc3)[nH]c12. The molecule has 1 N–H and O–H groups in total. The molecule has 0 aliphatic heterocycles. The molecule has 0 fully saturated rings. The minimum Gasteiger partial charge on any atom is -0.494 e. The molecule has 2 aromatic carbocycles. The molecule has 5 heteroatoms. The Bertz CT molecular complexity index is 822. The Labute approximate surface area is 121 Å². The lowest BCUT2D eigenvalue weighted by molar-refractivity contribution is -0.384. The van der Waals surface area contributed by atoms with Crippen molar-refractivity contribution in [3.05, 3.63) is 58.1 Å². The number of nitro benzene ring substituents is 1. The summed E-state index contributed by atoms with van der Waals surface area (Å²) in [7, 11) is 1.51. The number of aromatic amines is 1. The molecule has 0 spiro atoms. The third kappa shape index (κ3) is 2.12. The first-order chi connectivity index (χ1) is 10.1. The van der Waals surface area contributed by atoms with Gasteiger partial charge in [0.25, 0.3) is 5.69 Å². The van der Waals surface area contributed by atoms with Gasteiger partial charge in [0.05, 0.1) is 23.6 Å². The molecule has 0 amide bonds. The van der Waals surface area contributed by atoms with Gasteiger partial charge in [-0.1, -0.05) is 30.3 Å². The number of benzene rings is 2. The Balaban J connectivity index is 2.31. The maximum atomic E-state index is 11.0. The highest BCUT2D eigenvalue weighted by Crippen LogP contribution is 2.37. The number of nitrogens with one attached hydrogen (secondary N) is 1. The van der Waals surface area contributed by atoms with Crippen molar-refractivity contribution in [2.24, 2.45) is 0 Å². The Hall–Kier alpha value is -2.82. The standard InChI is InChI=1S/C16H14N2O3/c1-10-13-8-12(18(19)20)9-14(21-2)16(13)17-15(10)11-6-4-3-5-7-11/h3-9,17H,1-2H3. The number of fused-ring (bicyclic) bond motifs is 1. The smallest absolute Gasteiger partial charge is 0.273 e. The van der Waals surface area contributed by atoms with E-state index in [1.165, 1.54) is 13.2 Å². The van der Waals surface area contributed by atoms with E-state index < -0.39 is 4.92 Å². The van der Waals surface area contributed by atoms with Crippen LogP contribution in [-0.2, 0) is 0 Å². The average Bonchev–Trinajstić information content (AvgIpc) is 2.84. The fraction of sp³-hybridized carbons (Fsp3) is 0.125. The van der Waals surface area contributed by atoms with Crippen LogP contribution in [0, 0.1) is 17.0 Å². The lowest BCUT2D eigenvalue weighted by atomic mass is 10.1. The van der Waals surface area contributed by atoms with Gasteiger partial charge in [0.15, 0.2) is 0 Å². The lowest BCUT2D eigenvalue weighted by Crippen LogP contribution is -1.91. The van der Waals surface area contributed by atoms with Gasteiger partial charge < -0.3 is 9.72 Å². The molecular weight excluding hydrogens is 268 g/mol. The molecule has 0 aliphatic carbocycles. The lowest BCUT2D eigenvalue weighted by Gasteiger charge is -2.01. The quantitative estimate of drug-likeness (QED) is 0.581. The number of aromatic nitrogens is 1. The van der Waals surface area contributed by atoms with Crippen LogP contribution >= 0.6 is 0 Å². The van der Waals surface area contributed by atoms with E-state index in [1.807, 2.05) is 37.3 Å². The van der Waals surface area contributed by atoms with E-state index in [9.17, 15) is 10.1 Å². The fourth-order valence-electron chi connectivity index (χ4n) is 2.54. The summed E-state index contributed by atoms with van der Waals surface area (Å²) in [5, 5.41) is 11.8. The van der Waals surface area contributed by atoms with Crippen molar-refractivity contribution < 1.29 is 9.66 Å². The predicted molar refractivity (Wildman–Crippen MR) is 81.7 cm³/mol. The first-order valence-electron chi connectivity index (χ1n) is 6.52. The molecule has 1 heterocycles. The molecule has 3 aromatic rings. The van der Waals surface area contributed by atoms with Crippen LogP contribution < -0.4 is 4.74 Å². The summed E-state index contributed by atoms with van der Waals surface area (Å²) < 4.78 is 5.29. The summed E-state index contributed by atoms with van der Waals surface area (Å²) in [4.78, 5) is 14.0. The number of hydrogen-bond acceptors (Lipinski definition) is 3. The molecule has 0 bridgehead atoms. The number of H-pyrrole nitrogens is 1. The number of nitrogens with zero attached hydrogens (tertiary/aromatic N) is 1. The third-order valence-electron chi connectivity index (χ3n) is 3.61. The molecule has 0 radical (unpaired) electrons. The Morgan fingerprint density at radius 2 is 1.90 bits per heavy atom. The first-order valence-corrected chi connectivity index (χ1v) is 6.52. The van der Waals surface area contributed by atoms with E-state index in [4.69, 9.17) is 4.74 Å². The van der Waals surface area contributed by atoms with Crippen LogP contribution in [0.1, 0.15) is 5.56 Å². The van der Waals surface area contributed by atoms with Gasteiger partial charge in [-0.15, -0.1) is 0 Å². The van der Waals surface area contributed by atoms with Gasteiger partial charge in [-0.3, -0.25) is 10.1 Å². The molecule has 21 heavy (non-hydrogen) atoms. The van der Waals surface area contributed by atoms with Crippen LogP contribution in [0.25, 0.3) is 22.2 Å². The van der Waals surface area contributed by atoms with E-state index in [0.29, 0.717) is 5.75 Å². The average molecular weight is 282 g/mol. The normalized spacial score (nSPS) is 10.8. The summed E-state index contributed by atoms with van der Waals surface area (Å²) >= 11 is 0. The van der Waals surface area contributed by atoms with Crippen molar-refractivity contribution in [2.75, 3.05) is 7.11 Å². The monoisotopic (exact) mass is 282 g/mol. The molecule has 0 atom stereocenters. The van der Waals surface area contributed by atoms with Crippen molar-refractivity contribution in [1.29, 1.82) is 0 Å². The Morgan fingerprint density at radius 1 is 1.19 bits per heavy atom. The molecule has 106 valence electrons. The molecule has 0 aliphatic rings. The van der Waals surface area contributed by atoms with Gasteiger partial charge in [0, 0.05) is 17.1 Å². The summed E-state index contributed by atoms with van der Waals surface area (Å²) in [6.07, 6.45) is 0. The molecule has 0 unspecified atom stereocenters. The number of rotatable bonds is 3. The predicted octanol–water partition coefficient (Wildman–Crippen LogP) is 4.06. The van der Waals surface area contributed by atoms with Crippen LogP contribution in [-0.4, -0.2) is 17.0 Å². The van der Waals surface area contributed by atoms with E-state index >= 15 is 0 Å². The van der Waals surface area contributed by atoms with Gasteiger partial charge in [-0.25, -0.2) is 0 Å². The topological polar surface area (TPSA) is 68.2 Å². The number of nitro groups is 1. The number of hydrogen-bond donors (Lipinski definition) is 1. The highest BCUT2D eigenvalue weighted by atomic mass is 16.6. The Morgan fingerprint density at radius 3 is 2.52 bits per heavy atom. The third-order valence-corrected chi connectivity index (χ3v) is 3.61. The molecule has 3 rings (SSSR count). The molecule has 5 nitrogen and oxygen atoms in total. The van der Waals surface area contributed by atoms with Gasteiger partial charge in [-0.2, -0.15) is 0 Å². The van der Waals surface area contributed by atoms with Crippen LogP contribution in [0.4, 0.5) is 5.69 Å². The summed E-state index contributed by atoms with van der Waals surface area (Å²) in [6.45, 7) is 1.95. The van der Waals surface area contributed by atoms with E-state index in [1.54, 1.807) is 6.07 Å². The highest BCUT2D eigenvalue weighted by Gasteiger charge is 2.18. The van der Waals surface area contributed by atoms with Crippen LogP contribution in [0.2, 0.25) is 0 Å². The van der Waals surface area contributed by atoms with Crippen LogP contribution in [0.3, 0.4) is 0 Å². The second-order valence-corrected chi connectivity index (χ2v) is 4.82. The molecular formula is C16H14N2O3. The second-order valence-electron chi connectivity index (χ2n) is 4.82. The van der Waals surface area contributed by atoms with Gasteiger partial charge in [-0.05, 0) is 18.1 Å². The summed E-state index contributed by atoms with van der Waals surface area (Å²) in [6, 6.07) is 12.9. The van der Waals surface area contributed by atoms with Crippen molar-refractivity contribution in [3.63, 3.8) is 0 Å². The zero-order valence-corrected chi connectivity index (χ0v) is 11.7. The van der Waals surface area contributed by atoms with Gasteiger partial charge in [0.2, 0.25) is 0 Å². The highest BCUT2D eigenvalue weighted by molar-refractivity contribution is 5.95. The number of aryl methyl sites for hydroxylation is 1. The van der Waals surface area contributed by atoms with Crippen molar-refractivity contribution in [2.45, 2.75) is 6.92 Å². The van der Waals surface area contributed by atoms with Gasteiger partial charge in [0.1, 0.15) is 5.75 Å². The first kappa shape index (κ1) is 13.2. The van der Waals surface area contributed by atoms with E-state index in [0.717, 1.165) is 27.7 Å². The number of ether oxygens (including phenoxy) is 1. The van der Waals surface area contributed by atoms with Crippen molar-refractivity contribution >= 4 is 16.6 Å². The van der Waals surface area contributed by atoms with E-state index in [-0.39, 0.29) is 5.69 Å². The summed E-state index contributed by atoms with van der Waals surface area (Å²) in [5.74, 6) is 0.476. The zero-order valence-electron chi connectivity index (χ0n) is 11.7. The fourth-order valence-corrected chi connectivity index (χ4v) is 2.54. The molecule has 1 aromatic heterocycles. The molecule has 0 saturated heterocycles. The van der Waals surface area contributed by atoms with Gasteiger partial charge >= 0.3 is 0 Å². The number of non-ortho nitro benzene ring substituents is 1. The minimum atomic E-state index is -0.406. The summed E-state index contributed by atoms with van der Waals surface area (Å²) in [5.41, 5.74) is 3.76. The van der Waals surface area contributed by atoms with Crippen LogP contribution in [0.15, 0.2) is 42.5 Å². The largest absolute Gasteiger partial charge is 0.494 e. The zero-order chi connectivity index (χ0) is 15.0. The number of methoxy groups -OCH3 is 1. The van der Waals surface area contributed by atoms with Crippen molar-refractivity contribution in [1.82, 2.24) is 4.98 Å². The maximum Gasteiger partial charge on any atom is 0.273 e. The maximum absolute atomic E-state index is 11.0. The van der Waals surface area contributed by atoms with Crippen LogP contribution in [0.5, 0.6) is 5.75 Å². The molecule has 0 saturated carbocycles.